The van der Waals surface area contributed by atoms with E-state index in [0.29, 0.717) is 11.8 Å². The predicted molar refractivity (Wildman–Crippen MR) is 83.4 cm³/mol. The molecule has 0 radical (unpaired) electrons. The van der Waals surface area contributed by atoms with Crippen LogP contribution in [0.25, 0.3) is 0 Å². The summed E-state index contributed by atoms with van der Waals surface area (Å²) >= 11 is 0. The quantitative estimate of drug-likeness (QED) is 0.795. The lowest BCUT2D eigenvalue weighted by molar-refractivity contribution is 0.372. The number of hydrogen-bond donors (Lipinski definition) is 1. The van der Waals surface area contributed by atoms with E-state index in [1.807, 2.05) is 0 Å². The molecule has 0 amide bonds. The maximum Gasteiger partial charge on any atom is 0.00227 e. The molecule has 0 spiro atoms. The normalized spacial score (nSPS) is 24.8. The Balaban J connectivity index is 1.84. The molecule has 1 aliphatic carbocycles. The summed E-state index contributed by atoms with van der Waals surface area (Å²) in [6.07, 6.45) is 4.28. The molecule has 1 aromatic carbocycles. The van der Waals surface area contributed by atoms with Crippen molar-refractivity contribution in [2.24, 2.45) is 17.8 Å². The van der Waals surface area contributed by atoms with Gasteiger partial charge >= 0.3 is 0 Å². The summed E-state index contributed by atoms with van der Waals surface area (Å²) in [6.45, 7) is 9.40. The Hall–Kier alpha value is -0.820. The first-order chi connectivity index (χ1) is 9.18. The number of rotatable bonds is 6. The maximum atomic E-state index is 3.74. The van der Waals surface area contributed by atoms with Crippen LogP contribution in [0.15, 0.2) is 30.3 Å². The molecule has 0 heterocycles. The van der Waals surface area contributed by atoms with Gasteiger partial charge in [-0.25, -0.2) is 0 Å². The molecule has 1 heteroatoms. The third-order valence-corrected chi connectivity index (χ3v) is 4.84. The van der Waals surface area contributed by atoms with Gasteiger partial charge in [0.25, 0.3) is 0 Å². The van der Waals surface area contributed by atoms with Crippen LogP contribution in [-0.4, -0.2) is 13.1 Å². The van der Waals surface area contributed by atoms with Gasteiger partial charge in [-0.1, -0.05) is 63.9 Å². The van der Waals surface area contributed by atoms with Crippen LogP contribution < -0.4 is 5.32 Å². The Labute approximate surface area is 118 Å². The molecule has 2 rings (SSSR count). The average molecular weight is 259 g/mol. The zero-order chi connectivity index (χ0) is 13.7. The van der Waals surface area contributed by atoms with Crippen molar-refractivity contribution in [1.29, 1.82) is 0 Å². The van der Waals surface area contributed by atoms with Crippen molar-refractivity contribution in [3.05, 3.63) is 35.9 Å². The summed E-state index contributed by atoms with van der Waals surface area (Å²) in [5.74, 6) is 3.15. The molecular weight excluding hydrogens is 230 g/mol. The first kappa shape index (κ1) is 14.6. The standard InChI is InChI=1S/C18H29N/c1-14(2)18(16-9-5-4-6-10-16)13-19-12-17-11-7-8-15(17)3/h4-6,9-10,14-15,17-19H,7-8,11-13H2,1-3H3. The summed E-state index contributed by atoms with van der Waals surface area (Å²) in [5, 5.41) is 3.74. The fourth-order valence-electron chi connectivity index (χ4n) is 3.39. The van der Waals surface area contributed by atoms with E-state index >= 15 is 0 Å². The molecule has 3 atom stereocenters. The largest absolute Gasteiger partial charge is 0.316 e. The van der Waals surface area contributed by atoms with E-state index in [-0.39, 0.29) is 0 Å². The van der Waals surface area contributed by atoms with Gasteiger partial charge in [0.2, 0.25) is 0 Å². The van der Waals surface area contributed by atoms with E-state index in [1.54, 1.807) is 0 Å². The van der Waals surface area contributed by atoms with Crippen LogP contribution in [0.3, 0.4) is 0 Å². The minimum atomic E-state index is 0.637. The molecule has 106 valence electrons. The smallest absolute Gasteiger partial charge is 0.00227 e. The average Bonchev–Trinajstić information content (AvgIpc) is 2.81. The van der Waals surface area contributed by atoms with Crippen molar-refractivity contribution in [3.63, 3.8) is 0 Å². The third kappa shape index (κ3) is 4.07. The van der Waals surface area contributed by atoms with Crippen LogP contribution in [0.2, 0.25) is 0 Å². The Morgan fingerprint density at radius 1 is 1.16 bits per heavy atom. The first-order valence-corrected chi connectivity index (χ1v) is 7.94. The highest BCUT2D eigenvalue weighted by Gasteiger charge is 2.23. The minimum absolute atomic E-state index is 0.637. The van der Waals surface area contributed by atoms with Gasteiger partial charge in [-0.05, 0) is 42.2 Å². The molecule has 0 saturated heterocycles. The van der Waals surface area contributed by atoms with Gasteiger partial charge in [0.05, 0.1) is 0 Å². The highest BCUT2D eigenvalue weighted by atomic mass is 14.9. The Kier molecular flexibility index (Phi) is 5.45. The van der Waals surface area contributed by atoms with Gasteiger partial charge in [-0.15, -0.1) is 0 Å². The fourth-order valence-corrected chi connectivity index (χ4v) is 3.39. The molecule has 0 aromatic heterocycles. The van der Waals surface area contributed by atoms with Gasteiger partial charge in [0.1, 0.15) is 0 Å². The van der Waals surface area contributed by atoms with E-state index in [2.05, 4.69) is 56.4 Å². The highest BCUT2D eigenvalue weighted by Crippen LogP contribution is 2.30. The second kappa shape index (κ2) is 7.09. The highest BCUT2D eigenvalue weighted by molar-refractivity contribution is 5.20. The Bertz CT molecular complexity index is 357. The van der Waals surface area contributed by atoms with Crippen LogP contribution in [-0.2, 0) is 0 Å². The summed E-state index contributed by atoms with van der Waals surface area (Å²) in [6, 6.07) is 11.0. The zero-order valence-electron chi connectivity index (χ0n) is 12.7. The minimum Gasteiger partial charge on any atom is -0.316 e. The summed E-state index contributed by atoms with van der Waals surface area (Å²) in [4.78, 5) is 0. The van der Waals surface area contributed by atoms with Crippen molar-refractivity contribution in [3.8, 4) is 0 Å². The van der Waals surface area contributed by atoms with Crippen LogP contribution in [0.5, 0.6) is 0 Å². The Morgan fingerprint density at radius 2 is 1.89 bits per heavy atom. The van der Waals surface area contributed by atoms with E-state index < -0.39 is 0 Å². The molecule has 1 fully saturated rings. The molecule has 0 bridgehead atoms. The number of nitrogens with one attached hydrogen (secondary N) is 1. The van der Waals surface area contributed by atoms with E-state index in [4.69, 9.17) is 0 Å². The summed E-state index contributed by atoms with van der Waals surface area (Å²) < 4.78 is 0. The lowest BCUT2D eigenvalue weighted by atomic mass is 9.88. The number of hydrogen-bond acceptors (Lipinski definition) is 1. The van der Waals surface area contributed by atoms with Gasteiger partial charge < -0.3 is 5.32 Å². The second-order valence-corrected chi connectivity index (χ2v) is 6.59. The molecule has 1 saturated carbocycles. The molecule has 1 aliphatic rings. The van der Waals surface area contributed by atoms with E-state index in [9.17, 15) is 0 Å². The van der Waals surface area contributed by atoms with Crippen LogP contribution in [0, 0.1) is 17.8 Å². The van der Waals surface area contributed by atoms with Crippen molar-refractivity contribution >= 4 is 0 Å². The summed E-state index contributed by atoms with van der Waals surface area (Å²) in [5.41, 5.74) is 1.48. The SMILES string of the molecule is CC(C)C(CNCC1CCCC1C)c1ccccc1. The van der Waals surface area contributed by atoms with Crippen molar-refractivity contribution in [1.82, 2.24) is 5.32 Å². The third-order valence-electron chi connectivity index (χ3n) is 4.84. The molecule has 3 unspecified atom stereocenters. The van der Waals surface area contributed by atoms with Gasteiger partial charge in [-0.3, -0.25) is 0 Å². The van der Waals surface area contributed by atoms with Crippen LogP contribution >= 0.6 is 0 Å². The first-order valence-electron chi connectivity index (χ1n) is 7.94. The van der Waals surface area contributed by atoms with Gasteiger partial charge in [-0.2, -0.15) is 0 Å². The summed E-state index contributed by atoms with van der Waals surface area (Å²) in [7, 11) is 0. The van der Waals surface area contributed by atoms with Gasteiger partial charge in [0.15, 0.2) is 0 Å². The Morgan fingerprint density at radius 3 is 2.47 bits per heavy atom. The monoisotopic (exact) mass is 259 g/mol. The predicted octanol–water partition coefficient (Wildman–Crippen LogP) is 4.45. The molecule has 0 aliphatic heterocycles. The topological polar surface area (TPSA) is 12.0 Å². The molecule has 19 heavy (non-hydrogen) atoms. The zero-order valence-corrected chi connectivity index (χ0v) is 12.7. The fraction of sp³-hybridized carbons (Fsp3) is 0.667. The lowest BCUT2D eigenvalue weighted by Gasteiger charge is -2.24. The molecule has 1 N–H and O–H groups in total. The molecular formula is C18H29N. The lowest BCUT2D eigenvalue weighted by Crippen LogP contribution is -2.30. The van der Waals surface area contributed by atoms with Crippen molar-refractivity contribution in [2.45, 2.75) is 46.0 Å². The molecule has 1 aromatic rings. The van der Waals surface area contributed by atoms with Crippen LogP contribution in [0.1, 0.15) is 51.5 Å². The van der Waals surface area contributed by atoms with Crippen molar-refractivity contribution < 1.29 is 0 Å². The number of benzene rings is 1. The van der Waals surface area contributed by atoms with E-state index in [0.717, 1.165) is 18.4 Å². The van der Waals surface area contributed by atoms with E-state index in [1.165, 1.54) is 31.4 Å². The van der Waals surface area contributed by atoms with Crippen molar-refractivity contribution in [2.75, 3.05) is 13.1 Å². The van der Waals surface area contributed by atoms with Crippen LogP contribution in [0.4, 0.5) is 0 Å². The molecule has 1 nitrogen and oxygen atoms in total. The van der Waals surface area contributed by atoms with Gasteiger partial charge in [0, 0.05) is 6.54 Å². The maximum absolute atomic E-state index is 3.74. The second-order valence-electron chi connectivity index (χ2n) is 6.59.